The number of unbranched alkanes of at least 4 members (excludes halogenated alkanes) is 1. The Labute approximate surface area is 126 Å². The van der Waals surface area contributed by atoms with E-state index in [1.54, 1.807) is 20.4 Å². The number of carbonyl (C=O) groups is 1. The molecule has 1 aromatic rings. The first-order chi connectivity index (χ1) is 10.2. The van der Waals surface area contributed by atoms with Gasteiger partial charge in [0.2, 0.25) is 0 Å². The Morgan fingerprint density at radius 2 is 2.10 bits per heavy atom. The number of rotatable bonds is 10. The van der Waals surface area contributed by atoms with Gasteiger partial charge in [0.25, 0.3) is 5.91 Å². The zero-order chi connectivity index (χ0) is 15.5. The summed E-state index contributed by atoms with van der Waals surface area (Å²) in [5.74, 6) is -0.104. The second-order valence-electron chi connectivity index (χ2n) is 4.69. The number of aromatic nitrogens is 1. The third kappa shape index (κ3) is 6.55. The second kappa shape index (κ2) is 10.1. The average Bonchev–Trinajstić information content (AvgIpc) is 2.49. The molecular weight excluding hydrogens is 270 g/mol. The van der Waals surface area contributed by atoms with Crippen molar-refractivity contribution in [1.29, 1.82) is 0 Å². The van der Waals surface area contributed by atoms with Crippen molar-refractivity contribution in [2.75, 3.05) is 45.8 Å². The van der Waals surface area contributed by atoms with Crippen molar-refractivity contribution >= 4 is 11.6 Å². The van der Waals surface area contributed by atoms with Gasteiger partial charge in [-0.25, -0.2) is 0 Å². The monoisotopic (exact) mass is 295 g/mol. The molecule has 0 aliphatic carbocycles. The van der Waals surface area contributed by atoms with Gasteiger partial charge in [0.15, 0.2) is 0 Å². The molecule has 1 amide bonds. The van der Waals surface area contributed by atoms with E-state index in [4.69, 9.17) is 9.47 Å². The maximum atomic E-state index is 12.1. The van der Waals surface area contributed by atoms with Crippen LogP contribution in [0.5, 0.6) is 0 Å². The van der Waals surface area contributed by atoms with Gasteiger partial charge in [-0.1, -0.05) is 0 Å². The first kappa shape index (κ1) is 17.4. The maximum absolute atomic E-state index is 12.1. The average molecular weight is 295 g/mol. The van der Waals surface area contributed by atoms with Crippen LogP contribution < -0.4 is 10.6 Å². The number of carbonyl (C=O) groups excluding carboxylic acids is 1. The Kier molecular flexibility index (Phi) is 8.38. The van der Waals surface area contributed by atoms with Gasteiger partial charge in [-0.05, 0) is 25.8 Å². The zero-order valence-corrected chi connectivity index (χ0v) is 13.1. The number of hydrogen-bond donors (Lipinski definition) is 2. The summed E-state index contributed by atoms with van der Waals surface area (Å²) in [6, 6.07) is 1.86. The van der Waals surface area contributed by atoms with Gasteiger partial charge in [0.05, 0.1) is 24.5 Å². The molecule has 0 aliphatic rings. The highest BCUT2D eigenvalue weighted by molar-refractivity contribution is 5.99. The molecule has 6 nitrogen and oxygen atoms in total. The second-order valence-corrected chi connectivity index (χ2v) is 4.69. The lowest BCUT2D eigenvalue weighted by molar-refractivity contribution is 0.0686. The van der Waals surface area contributed by atoms with Crippen molar-refractivity contribution in [1.82, 2.24) is 10.3 Å². The van der Waals surface area contributed by atoms with Crippen LogP contribution in [0.3, 0.4) is 0 Å². The third-order valence-corrected chi connectivity index (χ3v) is 2.99. The molecule has 0 radical (unpaired) electrons. The van der Waals surface area contributed by atoms with Crippen molar-refractivity contribution in [2.24, 2.45) is 0 Å². The van der Waals surface area contributed by atoms with E-state index in [1.807, 2.05) is 13.0 Å². The van der Waals surface area contributed by atoms with E-state index in [0.717, 1.165) is 24.2 Å². The minimum Gasteiger partial charge on any atom is -0.387 e. The zero-order valence-electron chi connectivity index (χ0n) is 13.1. The van der Waals surface area contributed by atoms with Gasteiger partial charge in [-0.15, -0.1) is 0 Å². The summed E-state index contributed by atoms with van der Waals surface area (Å²) in [7, 11) is 3.45. The van der Waals surface area contributed by atoms with E-state index in [2.05, 4.69) is 15.6 Å². The molecule has 0 fully saturated rings. The van der Waals surface area contributed by atoms with E-state index in [1.165, 1.54) is 0 Å². The molecule has 0 spiro atoms. The maximum Gasteiger partial charge on any atom is 0.254 e. The van der Waals surface area contributed by atoms with Crippen LogP contribution in [0.15, 0.2) is 12.3 Å². The highest BCUT2D eigenvalue weighted by atomic mass is 16.5. The molecule has 0 atom stereocenters. The van der Waals surface area contributed by atoms with Crippen LogP contribution in [0, 0.1) is 6.92 Å². The van der Waals surface area contributed by atoms with Gasteiger partial charge in [-0.3, -0.25) is 9.78 Å². The van der Waals surface area contributed by atoms with E-state index in [-0.39, 0.29) is 5.91 Å². The van der Waals surface area contributed by atoms with Crippen LogP contribution in [0.4, 0.5) is 5.69 Å². The van der Waals surface area contributed by atoms with Crippen LogP contribution in [0.25, 0.3) is 0 Å². The number of hydrogen-bond acceptors (Lipinski definition) is 5. The lowest BCUT2D eigenvalue weighted by atomic mass is 10.2. The topological polar surface area (TPSA) is 72.5 Å². The number of nitrogens with one attached hydrogen (secondary N) is 2. The smallest absolute Gasteiger partial charge is 0.254 e. The fourth-order valence-electron chi connectivity index (χ4n) is 1.82. The van der Waals surface area contributed by atoms with Gasteiger partial charge in [0, 0.05) is 39.2 Å². The number of anilines is 1. The Balaban J connectivity index is 2.25. The Bertz CT molecular complexity index is 438. The molecule has 21 heavy (non-hydrogen) atoms. The SMILES string of the molecule is CNc1cc(C)ncc1C(=O)NCCCCOCCOC. The van der Waals surface area contributed by atoms with Gasteiger partial charge >= 0.3 is 0 Å². The van der Waals surface area contributed by atoms with Crippen LogP contribution in [0.1, 0.15) is 28.9 Å². The van der Waals surface area contributed by atoms with Crippen molar-refractivity contribution < 1.29 is 14.3 Å². The van der Waals surface area contributed by atoms with Crippen LogP contribution in [-0.2, 0) is 9.47 Å². The lowest BCUT2D eigenvalue weighted by Crippen LogP contribution is -2.25. The summed E-state index contributed by atoms with van der Waals surface area (Å²) < 4.78 is 10.2. The van der Waals surface area contributed by atoms with E-state index in [9.17, 15) is 4.79 Å². The first-order valence-corrected chi connectivity index (χ1v) is 7.18. The number of aryl methyl sites for hydroxylation is 1. The molecule has 0 unspecified atom stereocenters. The number of ether oxygens (including phenoxy) is 2. The number of amides is 1. The number of pyridine rings is 1. The summed E-state index contributed by atoms with van der Waals surface area (Å²) in [4.78, 5) is 16.2. The van der Waals surface area contributed by atoms with Crippen LogP contribution in [0.2, 0.25) is 0 Å². The van der Waals surface area contributed by atoms with Crippen molar-refractivity contribution in [3.8, 4) is 0 Å². The fraction of sp³-hybridized carbons (Fsp3) is 0.600. The summed E-state index contributed by atoms with van der Waals surface area (Å²) in [6.45, 7) is 4.44. The van der Waals surface area contributed by atoms with E-state index >= 15 is 0 Å². The Morgan fingerprint density at radius 3 is 2.81 bits per heavy atom. The summed E-state index contributed by atoms with van der Waals surface area (Å²) in [5, 5.41) is 5.91. The molecule has 1 rings (SSSR count). The molecule has 0 aromatic carbocycles. The Morgan fingerprint density at radius 1 is 1.29 bits per heavy atom. The van der Waals surface area contributed by atoms with Crippen LogP contribution in [-0.4, -0.2) is 51.4 Å². The predicted octanol–water partition coefficient (Wildman–Crippen LogP) is 1.60. The molecule has 0 saturated heterocycles. The quantitative estimate of drug-likeness (QED) is 0.642. The molecule has 118 valence electrons. The third-order valence-electron chi connectivity index (χ3n) is 2.99. The number of methoxy groups -OCH3 is 1. The summed E-state index contributed by atoms with van der Waals surface area (Å²) in [5.41, 5.74) is 2.24. The molecule has 1 aromatic heterocycles. The number of nitrogens with zero attached hydrogens (tertiary/aromatic N) is 1. The lowest BCUT2D eigenvalue weighted by Gasteiger charge is -2.10. The highest BCUT2D eigenvalue weighted by Crippen LogP contribution is 2.14. The van der Waals surface area contributed by atoms with Gasteiger partial charge in [-0.2, -0.15) is 0 Å². The predicted molar refractivity (Wildman–Crippen MR) is 82.8 cm³/mol. The summed E-state index contributed by atoms with van der Waals surface area (Å²) >= 11 is 0. The minimum absolute atomic E-state index is 0.104. The van der Waals surface area contributed by atoms with Crippen molar-refractivity contribution in [2.45, 2.75) is 19.8 Å². The molecule has 6 heteroatoms. The Hall–Kier alpha value is -1.66. The molecular formula is C15H25N3O3. The molecule has 0 aliphatic heterocycles. The van der Waals surface area contributed by atoms with Crippen LogP contribution >= 0.6 is 0 Å². The van der Waals surface area contributed by atoms with Gasteiger partial charge in [0.1, 0.15) is 0 Å². The van der Waals surface area contributed by atoms with E-state index in [0.29, 0.717) is 31.9 Å². The standard InChI is InChI=1S/C15H25N3O3/c1-12-10-14(16-2)13(11-18-12)15(19)17-6-4-5-7-21-9-8-20-3/h10-11H,4-9H2,1-3H3,(H,16,18)(H,17,19). The molecule has 0 saturated carbocycles. The largest absolute Gasteiger partial charge is 0.387 e. The highest BCUT2D eigenvalue weighted by Gasteiger charge is 2.10. The normalized spacial score (nSPS) is 10.4. The first-order valence-electron chi connectivity index (χ1n) is 7.18. The van der Waals surface area contributed by atoms with Crippen molar-refractivity contribution in [3.63, 3.8) is 0 Å². The summed E-state index contributed by atoms with van der Waals surface area (Å²) in [6.07, 6.45) is 3.40. The minimum atomic E-state index is -0.104. The molecule has 2 N–H and O–H groups in total. The van der Waals surface area contributed by atoms with Gasteiger partial charge < -0.3 is 20.1 Å². The van der Waals surface area contributed by atoms with Crippen molar-refractivity contribution in [3.05, 3.63) is 23.5 Å². The molecule has 0 bridgehead atoms. The molecule has 1 heterocycles. The van der Waals surface area contributed by atoms with E-state index < -0.39 is 0 Å². The fourth-order valence-corrected chi connectivity index (χ4v) is 1.82.